The Bertz CT molecular complexity index is 389. The highest BCUT2D eigenvalue weighted by Crippen LogP contribution is 2.13. The zero-order chi connectivity index (χ0) is 12.1. The molecule has 0 saturated carbocycles. The first-order valence-corrected chi connectivity index (χ1v) is 7.11. The number of carbonyl (C=O) groups excluding carboxylic acids is 1. The third-order valence-corrected chi connectivity index (χ3v) is 3.65. The summed E-state index contributed by atoms with van der Waals surface area (Å²) in [5.74, 6) is 0.212. The van der Waals surface area contributed by atoms with Crippen molar-refractivity contribution in [1.29, 1.82) is 0 Å². The molecule has 1 fully saturated rings. The van der Waals surface area contributed by atoms with Gasteiger partial charge in [-0.1, -0.05) is 6.07 Å². The van der Waals surface area contributed by atoms with Crippen LogP contribution in [0.15, 0.2) is 24.3 Å². The maximum absolute atomic E-state index is 11.9. The Hall–Kier alpha value is -0.780. The zero-order valence-electron chi connectivity index (χ0n) is 9.79. The predicted octanol–water partition coefficient (Wildman–Crippen LogP) is 2.72. The van der Waals surface area contributed by atoms with Crippen LogP contribution in [0.1, 0.15) is 19.3 Å². The lowest BCUT2D eigenvalue weighted by molar-refractivity contribution is -0.130. The highest BCUT2D eigenvalue weighted by molar-refractivity contribution is 14.1. The van der Waals surface area contributed by atoms with Crippen molar-refractivity contribution >= 4 is 34.2 Å². The molecule has 1 amide bonds. The van der Waals surface area contributed by atoms with E-state index in [0.717, 1.165) is 31.6 Å². The number of piperidine rings is 1. The predicted molar refractivity (Wildman–Crippen MR) is 78.1 cm³/mol. The van der Waals surface area contributed by atoms with Gasteiger partial charge in [0, 0.05) is 22.3 Å². The molecule has 92 valence electrons. The highest BCUT2D eigenvalue weighted by atomic mass is 127. The average Bonchev–Trinajstić information content (AvgIpc) is 2.37. The van der Waals surface area contributed by atoms with Crippen molar-refractivity contribution in [2.75, 3.05) is 25.0 Å². The summed E-state index contributed by atoms with van der Waals surface area (Å²) in [4.78, 5) is 13.9. The van der Waals surface area contributed by atoms with Crippen LogP contribution in [-0.4, -0.2) is 30.4 Å². The van der Waals surface area contributed by atoms with Gasteiger partial charge in [-0.25, -0.2) is 0 Å². The van der Waals surface area contributed by atoms with Gasteiger partial charge in [0.1, 0.15) is 0 Å². The van der Waals surface area contributed by atoms with Gasteiger partial charge >= 0.3 is 0 Å². The Morgan fingerprint density at radius 1 is 1.29 bits per heavy atom. The van der Waals surface area contributed by atoms with E-state index >= 15 is 0 Å². The second-order valence-corrected chi connectivity index (χ2v) is 5.55. The first-order chi connectivity index (χ1) is 8.25. The lowest BCUT2D eigenvalue weighted by Gasteiger charge is -2.26. The van der Waals surface area contributed by atoms with Crippen molar-refractivity contribution in [1.82, 2.24) is 4.90 Å². The van der Waals surface area contributed by atoms with E-state index in [4.69, 9.17) is 0 Å². The third-order valence-electron chi connectivity index (χ3n) is 2.98. The minimum atomic E-state index is 0.212. The van der Waals surface area contributed by atoms with Gasteiger partial charge in [-0.05, 0) is 60.1 Å². The van der Waals surface area contributed by atoms with Crippen molar-refractivity contribution in [2.45, 2.75) is 19.3 Å². The molecule has 1 aromatic carbocycles. The number of likely N-dealkylation sites (tertiary alicyclic amines) is 1. The van der Waals surface area contributed by atoms with Crippen LogP contribution in [-0.2, 0) is 4.79 Å². The van der Waals surface area contributed by atoms with E-state index in [1.165, 1.54) is 9.99 Å². The molecule has 0 radical (unpaired) electrons. The molecular formula is C13H17IN2O. The molecule has 1 heterocycles. The van der Waals surface area contributed by atoms with Crippen LogP contribution < -0.4 is 5.32 Å². The van der Waals surface area contributed by atoms with Crippen LogP contribution in [0.3, 0.4) is 0 Å². The molecule has 1 N–H and O–H groups in total. The summed E-state index contributed by atoms with van der Waals surface area (Å²) in [5.41, 5.74) is 1.02. The monoisotopic (exact) mass is 344 g/mol. The number of hydrogen-bond donors (Lipinski definition) is 1. The van der Waals surface area contributed by atoms with Crippen LogP contribution in [0.4, 0.5) is 5.69 Å². The molecule has 0 aliphatic carbocycles. The number of anilines is 1. The first-order valence-electron chi connectivity index (χ1n) is 6.03. The zero-order valence-corrected chi connectivity index (χ0v) is 11.9. The Balaban J connectivity index is 1.83. The summed E-state index contributed by atoms with van der Waals surface area (Å²) in [6.45, 7) is 2.25. The summed E-state index contributed by atoms with van der Waals surface area (Å²) < 4.78 is 1.18. The number of nitrogens with one attached hydrogen (secondary N) is 1. The summed E-state index contributed by atoms with van der Waals surface area (Å²) in [6.07, 6.45) is 3.55. The van der Waals surface area contributed by atoms with Crippen LogP contribution in [0, 0.1) is 3.57 Å². The standard InChI is InChI=1S/C13H17IN2O/c14-11-5-4-6-12(9-11)15-10-13(17)16-7-2-1-3-8-16/h4-6,9,15H,1-3,7-8,10H2. The van der Waals surface area contributed by atoms with E-state index in [9.17, 15) is 4.79 Å². The number of carbonyl (C=O) groups is 1. The first kappa shape index (κ1) is 12.7. The minimum absolute atomic E-state index is 0.212. The number of hydrogen-bond acceptors (Lipinski definition) is 2. The highest BCUT2D eigenvalue weighted by Gasteiger charge is 2.15. The third kappa shape index (κ3) is 3.87. The molecule has 1 aliphatic rings. The van der Waals surface area contributed by atoms with Crippen molar-refractivity contribution < 1.29 is 4.79 Å². The van der Waals surface area contributed by atoms with Crippen molar-refractivity contribution in [3.05, 3.63) is 27.8 Å². The number of nitrogens with zero attached hydrogens (tertiary/aromatic N) is 1. The Labute approximate surface area is 116 Å². The fraction of sp³-hybridized carbons (Fsp3) is 0.462. The number of benzene rings is 1. The Morgan fingerprint density at radius 3 is 2.76 bits per heavy atom. The molecule has 0 atom stereocenters. The number of halogens is 1. The van der Waals surface area contributed by atoms with Gasteiger partial charge in [-0.3, -0.25) is 4.79 Å². The van der Waals surface area contributed by atoms with Gasteiger partial charge in [0.15, 0.2) is 0 Å². The summed E-state index contributed by atoms with van der Waals surface area (Å²) in [5, 5.41) is 3.19. The maximum Gasteiger partial charge on any atom is 0.241 e. The van der Waals surface area contributed by atoms with Crippen LogP contribution >= 0.6 is 22.6 Å². The Kier molecular flexibility index (Phi) is 4.65. The van der Waals surface area contributed by atoms with Gasteiger partial charge in [0.2, 0.25) is 5.91 Å². The molecule has 1 saturated heterocycles. The van der Waals surface area contributed by atoms with Crippen molar-refractivity contribution in [2.24, 2.45) is 0 Å². The van der Waals surface area contributed by atoms with E-state index in [-0.39, 0.29) is 5.91 Å². The summed E-state index contributed by atoms with van der Waals surface area (Å²) in [7, 11) is 0. The number of amides is 1. The maximum atomic E-state index is 11.9. The molecule has 0 unspecified atom stereocenters. The van der Waals surface area contributed by atoms with Crippen LogP contribution in [0.25, 0.3) is 0 Å². The van der Waals surface area contributed by atoms with Gasteiger partial charge in [-0.15, -0.1) is 0 Å². The fourth-order valence-corrected chi connectivity index (χ4v) is 2.57. The van der Waals surface area contributed by atoms with E-state index < -0.39 is 0 Å². The molecule has 0 bridgehead atoms. The largest absolute Gasteiger partial charge is 0.376 e. The summed E-state index contributed by atoms with van der Waals surface area (Å²) in [6, 6.07) is 8.07. The normalized spacial score (nSPS) is 15.7. The van der Waals surface area contributed by atoms with Gasteiger partial charge < -0.3 is 10.2 Å². The van der Waals surface area contributed by atoms with E-state index in [0.29, 0.717) is 6.54 Å². The van der Waals surface area contributed by atoms with E-state index in [1.54, 1.807) is 0 Å². The van der Waals surface area contributed by atoms with Crippen LogP contribution in [0.5, 0.6) is 0 Å². The fourth-order valence-electron chi connectivity index (χ4n) is 2.03. The lowest BCUT2D eigenvalue weighted by Crippen LogP contribution is -2.39. The van der Waals surface area contributed by atoms with Crippen molar-refractivity contribution in [3.63, 3.8) is 0 Å². The van der Waals surface area contributed by atoms with Gasteiger partial charge in [0.05, 0.1) is 6.54 Å². The second kappa shape index (κ2) is 6.23. The minimum Gasteiger partial charge on any atom is -0.376 e. The molecule has 4 heteroatoms. The Morgan fingerprint density at radius 2 is 2.06 bits per heavy atom. The molecule has 2 rings (SSSR count). The summed E-state index contributed by atoms with van der Waals surface area (Å²) >= 11 is 2.27. The van der Waals surface area contributed by atoms with Crippen molar-refractivity contribution in [3.8, 4) is 0 Å². The van der Waals surface area contributed by atoms with E-state index in [2.05, 4.69) is 27.9 Å². The van der Waals surface area contributed by atoms with Gasteiger partial charge in [0.25, 0.3) is 0 Å². The average molecular weight is 344 g/mol. The molecule has 0 aromatic heterocycles. The molecule has 1 aromatic rings. The lowest BCUT2D eigenvalue weighted by atomic mass is 10.1. The molecule has 17 heavy (non-hydrogen) atoms. The van der Waals surface area contributed by atoms with Crippen LogP contribution in [0.2, 0.25) is 0 Å². The molecule has 0 spiro atoms. The molecular weight excluding hydrogens is 327 g/mol. The topological polar surface area (TPSA) is 32.3 Å². The smallest absolute Gasteiger partial charge is 0.241 e. The van der Waals surface area contributed by atoms with Gasteiger partial charge in [-0.2, -0.15) is 0 Å². The van der Waals surface area contributed by atoms with E-state index in [1.807, 2.05) is 29.2 Å². The SMILES string of the molecule is O=C(CNc1cccc(I)c1)N1CCCCC1. The number of rotatable bonds is 3. The quantitative estimate of drug-likeness (QED) is 0.856. The second-order valence-electron chi connectivity index (χ2n) is 4.31. The molecule has 3 nitrogen and oxygen atoms in total. The molecule has 1 aliphatic heterocycles.